The number of nitrogens with one attached hydrogen (secondary N) is 1. The van der Waals surface area contributed by atoms with Gasteiger partial charge in [0.15, 0.2) is 0 Å². The van der Waals surface area contributed by atoms with Gasteiger partial charge in [-0.15, -0.1) is 0 Å². The molecule has 1 unspecified atom stereocenters. The summed E-state index contributed by atoms with van der Waals surface area (Å²) in [6, 6.07) is 8.51. The van der Waals surface area contributed by atoms with Crippen LogP contribution in [0.1, 0.15) is 17.4 Å². The molecule has 136 valence electrons. The van der Waals surface area contributed by atoms with E-state index in [1.165, 1.54) is 0 Å². The van der Waals surface area contributed by atoms with Crippen molar-refractivity contribution < 1.29 is 12.8 Å². The van der Waals surface area contributed by atoms with Crippen molar-refractivity contribution in [1.82, 2.24) is 9.62 Å². The minimum absolute atomic E-state index is 0.120. The van der Waals surface area contributed by atoms with Gasteiger partial charge in [-0.2, -0.15) is 11.8 Å². The minimum Gasteiger partial charge on any atom is -0.468 e. The van der Waals surface area contributed by atoms with Crippen LogP contribution in [0.25, 0.3) is 0 Å². The Morgan fingerprint density at radius 3 is 2.72 bits per heavy atom. The maximum Gasteiger partial charge on any atom is 0.240 e. The molecule has 1 N–H and O–H groups in total. The van der Waals surface area contributed by atoms with Gasteiger partial charge in [0.2, 0.25) is 10.0 Å². The summed E-state index contributed by atoms with van der Waals surface area (Å²) in [5.41, 5.74) is 0.556. The third kappa shape index (κ3) is 4.41. The third-order valence-corrected chi connectivity index (χ3v) is 7.25. The van der Waals surface area contributed by atoms with Crippen LogP contribution in [0.3, 0.4) is 0 Å². The van der Waals surface area contributed by atoms with Crippen molar-refractivity contribution in [2.45, 2.75) is 17.9 Å². The Morgan fingerprint density at radius 2 is 2.04 bits per heavy atom. The molecular formula is C17H21ClN2O3S2. The molecule has 0 saturated carbocycles. The molecule has 1 saturated heterocycles. The van der Waals surface area contributed by atoms with Gasteiger partial charge < -0.3 is 4.42 Å². The second-order valence-electron chi connectivity index (χ2n) is 5.89. The third-order valence-electron chi connectivity index (χ3n) is 4.33. The molecular weight excluding hydrogens is 380 g/mol. The van der Waals surface area contributed by atoms with Gasteiger partial charge in [0.05, 0.1) is 17.2 Å². The highest BCUT2D eigenvalue weighted by Gasteiger charge is 2.27. The monoisotopic (exact) mass is 400 g/mol. The largest absolute Gasteiger partial charge is 0.468 e. The predicted molar refractivity (Wildman–Crippen MR) is 102 cm³/mol. The molecule has 1 aliphatic heterocycles. The highest BCUT2D eigenvalue weighted by molar-refractivity contribution is 7.99. The Hall–Kier alpha value is -0.990. The number of halogens is 1. The van der Waals surface area contributed by atoms with E-state index in [1.54, 1.807) is 31.4 Å². The predicted octanol–water partition coefficient (Wildman–Crippen LogP) is 3.31. The zero-order valence-electron chi connectivity index (χ0n) is 13.9. The van der Waals surface area contributed by atoms with Crippen LogP contribution in [-0.4, -0.2) is 44.5 Å². The van der Waals surface area contributed by atoms with Gasteiger partial charge in [-0.3, -0.25) is 4.90 Å². The van der Waals surface area contributed by atoms with Crippen LogP contribution < -0.4 is 4.72 Å². The molecule has 0 radical (unpaired) electrons. The van der Waals surface area contributed by atoms with Crippen LogP contribution in [0, 0.1) is 6.92 Å². The first-order valence-corrected chi connectivity index (χ1v) is 11.1. The molecule has 1 aromatic carbocycles. The Balaban J connectivity index is 1.79. The van der Waals surface area contributed by atoms with Crippen molar-refractivity contribution in [2.75, 3.05) is 31.1 Å². The number of hydrogen-bond acceptors (Lipinski definition) is 5. The van der Waals surface area contributed by atoms with Crippen molar-refractivity contribution in [3.8, 4) is 0 Å². The van der Waals surface area contributed by atoms with Gasteiger partial charge in [0, 0.05) is 36.2 Å². The fourth-order valence-corrected chi connectivity index (χ4v) is 5.39. The first kappa shape index (κ1) is 18.8. The van der Waals surface area contributed by atoms with Crippen molar-refractivity contribution in [3.63, 3.8) is 0 Å². The van der Waals surface area contributed by atoms with E-state index in [1.807, 2.05) is 23.9 Å². The lowest BCUT2D eigenvalue weighted by molar-refractivity contribution is 0.193. The fraction of sp³-hybridized carbons (Fsp3) is 0.412. The van der Waals surface area contributed by atoms with E-state index in [0.717, 1.165) is 30.4 Å². The van der Waals surface area contributed by atoms with Crippen molar-refractivity contribution in [3.05, 3.63) is 52.9 Å². The summed E-state index contributed by atoms with van der Waals surface area (Å²) in [5, 5.41) is 0.443. The van der Waals surface area contributed by atoms with E-state index >= 15 is 0 Å². The number of sulfonamides is 1. The van der Waals surface area contributed by atoms with E-state index < -0.39 is 10.0 Å². The normalized spacial score (nSPS) is 17.5. The highest BCUT2D eigenvalue weighted by Crippen LogP contribution is 2.26. The average molecular weight is 401 g/mol. The fourth-order valence-electron chi connectivity index (χ4n) is 2.92. The SMILES string of the molecule is Cc1c(Cl)cccc1S(=O)(=O)NCC(c1ccco1)N1CCSCC1. The van der Waals surface area contributed by atoms with Gasteiger partial charge in [-0.1, -0.05) is 17.7 Å². The van der Waals surface area contributed by atoms with Crippen LogP contribution in [0.2, 0.25) is 5.02 Å². The summed E-state index contributed by atoms with van der Waals surface area (Å²) in [6.45, 7) is 3.79. The highest BCUT2D eigenvalue weighted by atomic mass is 35.5. The Kier molecular flexibility index (Phi) is 6.12. The first-order chi connectivity index (χ1) is 12.0. The molecule has 1 aromatic heterocycles. The number of nitrogens with zero attached hydrogens (tertiary/aromatic N) is 1. The van der Waals surface area contributed by atoms with E-state index in [9.17, 15) is 8.42 Å². The molecule has 0 amide bonds. The summed E-state index contributed by atoms with van der Waals surface area (Å²) >= 11 is 7.98. The first-order valence-electron chi connectivity index (χ1n) is 8.09. The summed E-state index contributed by atoms with van der Waals surface area (Å²) in [4.78, 5) is 2.48. The van der Waals surface area contributed by atoms with E-state index in [4.69, 9.17) is 16.0 Å². The van der Waals surface area contributed by atoms with Crippen LogP contribution >= 0.6 is 23.4 Å². The Bertz CT molecular complexity index is 803. The lowest BCUT2D eigenvalue weighted by atomic mass is 10.2. The van der Waals surface area contributed by atoms with Gasteiger partial charge in [-0.05, 0) is 36.8 Å². The Labute approximate surface area is 157 Å². The molecule has 3 rings (SSSR count). The summed E-state index contributed by atoms with van der Waals surface area (Å²) in [7, 11) is -3.65. The molecule has 2 aromatic rings. The smallest absolute Gasteiger partial charge is 0.240 e. The molecule has 8 heteroatoms. The summed E-state index contributed by atoms with van der Waals surface area (Å²) < 4.78 is 33.8. The molecule has 0 bridgehead atoms. The lowest BCUT2D eigenvalue weighted by Crippen LogP contribution is -2.42. The number of rotatable bonds is 6. The second-order valence-corrected chi connectivity index (χ2v) is 9.26. The number of hydrogen-bond donors (Lipinski definition) is 1. The summed E-state index contributed by atoms with van der Waals surface area (Å²) in [5.74, 6) is 2.85. The topological polar surface area (TPSA) is 62.6 Å². The average Bonchev–Trinajstić information content (AvgIpc) is 3.12. The van der Waals surface area contributed by atoms with Crippen LogP contribution in [0.4, 0.5) is 0 Å². The van der Waals surface area contributed by atoms with E-state index in [-0.39, 0.29) is 17.5 Å². The van der Waals surface area contributed by atoms with Crippen molar-refractivity contribution in [1.29, 1.82) is 0 Å². The quantitative estimate of drug-likeness (QED) is 0.805. The zero-order valence-corrected chi connectivity index (χ0v) is 16.3. The second kappa shape index (κ2) is 8.14. The molecule has 2 heterocycles. The molecule has 1 aliphatic rings. The van der Waals surface area contributed by atoms with E-state index in [0.29, 0.717) is 10.6 Å². The molecule has 0 aliphatic carbocycles. The number of furan rings is 1. The van der Waals surface area contributed by atoms with Crippen LogP contribution in [0.15, 0.2) is 45.9 Å². The standard InChI is InChI=1S/C17H21ClN2O3S2/c1-13-14(18)4-2-6-17(13)25(21,22)19-12-15(16-5-3-9-23-16)20-7-10-24-11-8-20/h2-6,9,15,19H,7-8,10-12H2,1H3. The molecule has 5 nitrogen and oxygen atoms in total. The molecule has 1 atom stereocenters. The Morgan fingerprint density at radius 1 is 1.28 bits per heavy atom. The minimum atomic E-state index is -3.65. The molecule has 0 spiro atoms. The maximum absolute atomic E-state index is 12.7. The van der Waals surface area contributed by atoms with Gasteiger partial charge in [-0.25, -0.2) is 13.1 Å². The number of benzene rings is 1. The zero-order chi connectivity index (χ0) is 17.9. The van der Waals surface area contributed by atoms with Gasteiger partial charge in [0.25, 0.3) is 0 Å². The van der Waals surface area contributed by atoms with Gasteiger partial charge in [0.1, 0.15) is 5.76 Å². The van der Waals surface area contributed by atoms with E-state index in [2.05, 4.69) is 9.62 Å². The molecule has 25 heavy (non-hydrogen) atoms. The number of thioether (sulfide) groups is 1. The lowest BCUT2D eigenvalue weighted by Gasteiger charge is -2.33. The van der Waals surface area contributed by atoms with Crippen molar-refractivity contribution in [2.24, 2.45) is 0 Å². The summed E-state index contributed by atoms with van der Waals surface area (Å²) in [6.07, 6.45) is 1.62. The molecule has 1 fully saturated rings. The van der Waals surface area contributed by atoms with Crippen LogP contribution in [0.5, 0.6) is 0 Å². The van der Waals surface area contributed by atoms with Crippen molar-refractivity contribution >= 4 is 33.4 Å². The maximum atomic E-state index is 12.7. The van der Waals surface area contributed by atoms with Gasteiger partial charge >= 0.3 is 0 Å². The van der Waals surface area contributed by atoms with Crippen LogP contribution in [-0.2, 0) is 10.0 Å².